The van der Waals surface area contributed by atoms with Gasteiger partial charge in [-0.05, 0) is 71.1 Å². The van der Waals surface area contributed by atoms with Gasteiger partial charge in [-0.3, -0.25) is 0 Å². The summed E-state index contributed by atoms with van der Waals surface area (Å²) in [5.74, 6) is 2.09. The van der Waals surface area contributed by atoms with Crippen LogP contribution in [0.4, 0.5) is 0 Å². The third-order valence-corrected chi connectivity index (χ3v) is 8.01. The minimum absolute atomic E-state index is 0.296. The van der Waals surface area contributed by atoms with Gasteiger partial charge in [0.1, 0.15) is 0 Å². The second kappa shape index (κ2) is 5.84. The molecular formula is C15H19BrClNO2S. The van der Waals surface area contributed by atoms with Gasteiger partial charge in [0.15, 0.2) is 0 Å². The van der Waals surface area contributed by atoms with Crippen molar-refractivity contribution in [3.05, 3.63) is 27.7 Å². The predicted octanol–water partition coefficient (Wildman–Crippen LogP) is 4.16. The first-order valence-electron chi connectivity index (χ1n) is 7.29. The van der Waals surface area contributed by atoms with Crippen LogP contribution in [0.25, 0.3) is 0 Å². The molecule has 0 N–H and O–H groups in total. The molecule has 0 aliphatic heterocycles. The summed E-state index contributed by atoms with van der Waals surface area (Å²) in [5.41, 5.74) is 0. The zero-order valence-electron chi connectivity index (χ0n) is 11.9. The number of benzene rings is 1. The molecule has 0 spiro atoms. The molecule has 3 nitrogen and oxygen atoms in total. The average Bonchev–Trinajstić information content (AvgIpc) is 3.04. The van der Waals surface area contributed by atoms with Crippen LogP contribution < -0.4 is 0 Å². The Kier molecular flexibility index (Phi) is 4.39. The van der Waals surface area contributed by atoms with Crippen molar-refractivity contribution in [2.45, 2.75) is 30.6 Å². The molecule has 2 saturated carbocycles. The van der Waals surface area contributed by atoms with Gasteiger partial charge in [-0.1, -0.05) is 18.0 Å². The van der Waals surface area contributed by atoms with Crippen LogP contribution in [0, 0.1) is 17.8 Å². The van der Waals surface area contributed by atoms with Crippen molar-refractivity contribution in [1.82, 2.24) is 4.31 Å². The first-order chi connectivity index (χ1) is 9.88. The Morgan fingerprint density at radius 1 is 1.33 bits per heavy atom. The van der Waals surface area contributed by atoms with Gasteiger partial charge in [-0.2, -0.15) is 0 Å². The number of hydrogen-bond acceptors (Lipinski definition) is 2. The fourth-order valence-electron chi connectivity index (χ4n) is 3.85. The molecule has 116 valence electrons. The van der Waals surface area contributed by atoms with E-state index < -0.39 is 10.0 Å². The van der Waals surface area contributed by atoms with Crippen LogP contribution in [0.3, 0.4) is 0 Å². The molecule has 3 unspecified atom stereocenters. The summed E-state index contributed by atoms with van der Waals surface area (Å²) in [6.45, 7) is 0.629. The molecule has 1 aromatic carbocycles. The Morgan fingerprint density at radius 2 is 2.10 bits per heavy atom. The molecule has 6 heteroatoms. The molecule has 0 heterocycles. The van der Waals surface area contributed by atoms with E-state index >= 15 is 0 Å². The van der Waals surface area contributed by atoms with Gasteiger partial charge >= 0.3 is 0 Å². The minimum Gasteiger partial charge on any atom is -0.207 e. The first kappa shape index (κ1) is 15.8. The van der Waals surface area contributed by atoms with E-state index in [0.717, 1.165) is 11.8 Å². The van der Waals surface area contributed by atoms with E-state index in [0.29, 0.717) is 26.9 Å². The van der Waals surface area contributed by atoms with Crippen LogP contribution >= 0.6 is 27.5 Å². The average molecular weight is 393 g/mol. The SMILES string of the molecule is CN(CC1CC2CCC1C2)S(=O)(=O)c1ccc(Cl)c(Br)c1. The van der Waals surface area contributed by atoms with Crippen LogP contribution in [0.15, 0.2) is 27.6 Å². The molecule has 2 fully saturated rings. The van der Waals surface area contributed by atoms with Gasteiger partial charge < -0.3 is 0 Å². The highest BCUT2D eigenvalue weighted by Gasteiger charge is 2.40. The molecule has 2 bridgehead atoms. The van der Waals surface area contributed by atoms with Crippen molar-refractivity contribution >= 4 is 37.6 Å². The maximum Gasteiger partial charge on any atom is 0.242 e. The van der Waals surface area contributed by atoms with Gasteiger partial charge in [-0.25, -0.2) is 12.7 Å². The topological polar surface area (TPSA) is 37.4 Å². The fraction of sp³-hybridized carbons (Fsp3) is 0.600. The summed E-state index contributed by atoms with van der Waals surface area (Å²) in [6.07, 6.45) is 5.09. The molecule has 3 rings (SSSR count). The summed E-state index contributed by atoms with van der Waals surface area (Å²) >= 11 is 9.22. The van der Waals surface area contributed by atoms with Gasteiger partial charge in [0.25, 0.3) is 0 Å². The van der Waals surface area contributed by atoms with Crippen molar-refractivity contribution in [1.29, 1.82) is 0 Å². The molecule has 1 aromatic rings. The number of hydrogen-bond donors (Lipinski definition) is 0. The first-order valence-corrected chi connectivity index (χ1v) is 9.90. The van der Waals surface area contributed by atoms with E-state index in [9.17, 15) is 8.42 Å². The van der Waals surface area contributed by atoms with E-state index in [2.05, 4.69) is 15.9 Å². The molecule has 3 atom stereocenters. The third kappa shape index (κ3) is 3.03. The van der Waals surface area contributed by atoms with Gasteiger partial charge in [0.2, 0.25) is 10.0 Å². The lowest BCUT2D eigenvalue weighted by molar-refractivity contribution is 0.280. The van der Waals surface area contributed by atoms with Crippen LogP contribution in [-0.2, 0) is 10.0 Å². The lowest BCUT2D eigenvalue weighted by atomic mass is 9.89. The highest BCUT2D eigenvalue weighted by molar-refractivity contribution is 9.10. The molecule has 0 aromatic heterocycles. The lowest BCUT2D eigenvalue weighted by Crippen LogP contribution is -2.33. The second-order valence-electron chi connectivity index (χ2n) is 6.30. The zero-order chi connectivity index (χ0) is 15.2. The van der Waals surface area contributed by atoms with Crippen LogP contribution in [0.5, 0.6) is 0 Å². The number of nitrogens with zero attached hydrogens (tertiary/aromatic N) is 1. The van der Waals surface area contributed by atoms with Crippen LogP contribution in [0.2, 0.25) is 5.02 Å². The predicted molar refractivity (Wildman–Crippen MR) is 87.9 cm³/mol. The van der Waals surface area contributed by atoms with Crippen molar-refractivity contribution in [3.63, 3.8) is 0 Å². The van der Waals surface area contributed by atoms with Gasteiger partial charge in [0.05, 0.1) is 9.92 Å². The number of rotatable bonds is 4. The molecule has 0 saturated heterocycles. The monoisotopic (exact) mass is 391 g/mol. The van der Waals surface area contributed by atoms with Crippen molar-refractivity contribution in [2.24, 2.45) is 17.8 Å². The maximum absolute atomic E-state index is 12.7. The normalized spacial score (nSPS) is 28.5. The summed E-state index contributed by atoms with van der Waals surface area (Å²) < 4.78 is 27.4. The molecule has 0 amide bonds. The Hall–Kier alpha value is -0.100. The smallest absolute Gasteiger partial charge is 0.207 e. The quantitative estimate of drug-likeness (QED) is 0.771. The minimum atomic E-state index is -3.44. The highest BCUT2D eigenvalue weighted by Crippen LogP contribution is 2.48. The zero-order valence-corrected chi connectivity index (χ0v) is 15.1. The van der Waals surface area contributed by atoms with E-state index in [1.54, 1.807) is 25.2 Å². The Morgan fingerprint density at radius 3 is 2.67 bits per heavy atom. The summed E-state index contributed by atoms with van der Waals surface area (Å²) in [5, 5.41) is 0.518. The van der Waals surface area contributed by atoms with Gasteiger partial charge in [0, 0.05) is 18.1 Å². The van der Waals surface area contributed by atoms with E-state index in [-0.39, 0.29) is 0 Å². The highest BCUT2D eigenvalue weighted by atomic mass is 79.9. The Bertz CT molecular complexity index is 649. The molecule has 2 aliphatic carbocycles. The third-order valence-electron chi connectivity index (χ3n) is 4.98. The maximum atomic E-state index is 12.7. The fourth-order valence-corrected chi connectivity index (χ4v) is 5.75. The van der Waals surface area contributed by atoms with E-state index in [1.807, 2.05) is 0 Å². The largest absolute Gasteiger partial charge is 0.242 e. The number of sulfonamides is 1. The Labute approximate surface area is 139 Å². The molecular weight excluding hydrogens is 374 g/mol. The van der Waals surface area contributed by atoms with Crippen molar-refractivity contribution < 1.29 is 8.42 Å². The molecule has 2 aliphatic rings. The Balaban J connectivity index is 1.76. The van der Waals surface area contributed by atoms with E-state index in [1.165, 1.54) is 30.0 Å². The lowest BCUT2D eigenvalue weighted by Gasteiger charge is -2.26. The summed E-state index contributed by atoms with van der Waals surface area (Å²) in [6, 6.07) is 4.76. The molecule has 21 heavy (non-hydrogen) atoms. The number of halogens is 2. The van der Waals surface area contributed by atoms with Crippen LogP contribution in [0.1, 0.15) is 25.7 Å². The molecule has 0 radical (unpaired) electrons. The van der Waals surface area contributed by atoms with Gasteiger partial charge in [-0.15, -0.1) is 0 Å². The van der Waals surface area contributed by atoms with Crippen molar-refractivity contribution in [2.75, 3.05) is 13.6 Å². The van der Waals surface area contributed by atoms with E-state index in [4.69, 9.17) is 11.6 Å². The second-order valence-corrected chi connectivity index (χ2v) is 9.60. The standard InChI is InChI=1S/C15H19BrClNO2S/c1-18(9-12-7-10-2-3-11(12)6-10)21(19,20)13-4-5-15(17)14(16)8-13/h4-5,8,10-12H,2-3,6-7,9H2,1H3. The summed E-state index contributed by atoms with van der Waals surface area (Å²) in [7, 11) is -1.75. The van der Waals surface area contributed by atoms with Crippen molar-refractivity contribution in [3.8, 4) is 0 Å². The van der Waals surface area contributed by atoms with Crippen LogP contribution in [-0.4, -0.2) is 26.3 Å². The number of fused-ring (bicyclic) bond motifs is 2. The summed E-state index contributed by atoms with van der Waals surface area (Å²) in [4.78, 5) is 0.296.